The van der Waals surface area contributed by atoms with E-state index in [4.69, 9.17) is 0 Å². The Morgan fingerprint density at radius 1 is 1.39 bits per heavy atom. The first-order valence-electron chi connectivity index (χ1n) is 5.78. The van der Waals surface area contributed by atoms with Crippen molar-refractivity contribution >= 4 is 23.1 Å². The lowest BCUT2D eigenvalue weighted by molar-refractivity contribution is 0.442. The van der Waals surface area contributed by atoms with Gasteiger partial charge in [0.15, 0.2) is 0 Å². The molecule has 0 unspecified atom stereocenters. The number of benzene rings is 1. The molecule has 98 valence electrons. The van der Waals surface area contributed by atoms with Crippen LogP contribution in [0, 0.1) is 0 Å². The van der Waals surface area contributed by atoms with Gasteiger partial charge < -0.3 is 15.5 Å². The van der Waals surface area contributed by atoms with Crippen LogP contribution in [-0.2, 0) is 6.54 Å². The maximum absolute atomic E-state index is 4.01. The van der Waals surface area contributed by atoms with Crippen LogP contribution in [-0.4, -0.2) is 26.0 Å². The lowest BCUT2D eigenvalue weighted by Gasteiger charge is -2.22. The Morgan fingerprint density at radius 3 is 2.67 bits per heavy atom. The van der Waals surface area contributed by atoms with Crippen LogP contribution in [0.25, 0.3) is 0 Å². The Kier molecular flexibility index (Phi) is 5.65. The quantitative estimate of drug-likeness (QED) is 0.786. The highest BCUT2D eigenvalue weighted by Crippen LogP contribution is 2.25. The highest BCUT2D eigenvalue weighted by atomic mass is 32.2. The zero-order valence-corrected chi connectivity index (χ0v) is 12.1. The van der Waals surface area contributed by atoms with Crippen LogP contribution in [0.2, 0.25) is 0 Å². The van der Waals surface area contributed by atoms with Gasteiger partial charge in [0.1, 0.15) is 0 Å². The molecule has 0 fully saturated rings. The molecule has 0 saturated heterocycles. The van der Waals surface area contributed by atoms with Gasteiger partial charge in [0.2, 0.25) is 0 Å². The maximum Gasteiger partial charge on any atom is 0.0677 e. The molecule has 2 N–H and O–H groups in total. The van der Waals surface area contributed by atoms with Crippen LogP contribution < -0.4 is 10.6 Å². The van der Waals surface area contributed by atoms with Gasteiger partial charge in [-0.05, 0) is 23.1 Å². The highest BCUT2D eigenvalue weighted by molar-refractivity contribution is 8.05. The second-order valence-electron chi connectivity index (χ2n) is 3.91. The van der Waals surface area contributed by atoms with Gasteiger partial charge in [0, 0.05) is 39.1 Å². The summed E-state index contributed by atoms with van der Waals surface area (Å²) in [5, 5.41) is 9.14. The largest absolute Gasteiger partial charge is 0.388 e. The van der Waals surface area contributed by atoms with Gasteiger partial charge in [0.25, 0.3) is 0 Å². The van der Waals surface area contributed by atoms with Crippen LogP contribution in [0.4, 0.5) is 11.4 Å². The van der Waals surface area contributed by atoms with Crippen molar-refractivity contribution in [2.45, 2.75) is 6.54 Å². The van der Waals surface area contributed by atoms with Gasteiger partial charge in [-0.1, -0.05) is 31.0 Å². The molecule has 0 atom stereocenters. The Bertz CT molecular complexity index is 429. The Morgan fingerprint density at radius 2 is 2.11 bits per heavy atom. The van der Waals surface area contributed by atoms with E-state index in [0.29, 0.717) is 0 Å². The van der Waals surface area contributed by atoms with E-state index in [2.05, 4.69) is 46.9 Å². The monoisotopic (exact) mass is 263 g/mol. The number of nitrogens with one attached hydrogen (secondary N) is 2. The summed E-state index contributed by atoms with van der Waals surface area (Å²) in [6.45, 7) is 8.54. The molecule has 0 aliphatic carbocycles. The topological polar surface area (TPSA) is 27.3 Å². The predicted molar refractivity (Wildman–Crippen MR) is 83.9 cm³/mol. The average Bonchev–Trinajstić information content (AvgIpc) is 2.39. The van der Waals surface area contributed by atoms with Crippen molar-refractivity contribution in [3.63, 3.8) is 0 Å². The summed E-state index contributed by atoms with van der Waals surface area (Å²) in [6, 6.07) is 6.31. The number of nitrogens with zero attached hydrogens (tertiary/aromatic N) is 1. The van der Waals surface area contributed by atoms with Crippen molar-refractivity contribution in [2.24, 2.45) is 0 Å². The number of anilines is 2. The molecule has 3 nitrogen and oxygen atoms in total. The highest BCUT2D eigenvalue weighted by Gasteiger charge is 2.07. The van der Waals surface area contributed by atoms with Crippen molar-refractivity contribution < 1.29 is 0 Å². The molecule has 0 amide bonds. The standard InChI is InChI=1S/C14H21N3S/c1-6-18-11(2)17(5)10-12-7-8-13(15-3)9-14(12)16-4/h6-9,15-16H,1-2,10H2,3-5H3. The predicted octanol–water partition coefficient (Wildman–Crippen LogP) is 3.55. The first kappa shape index (κ1) is 14.5. The molecule has 0 heterocycles. The smallest absolute Gasteiger partial charge is 0.0677 e. The van der Waals surface area contributed by atoms with E-state index in [1.807, 2.05) is 21.1 Å². The Labute approximate surface area is 114 Å². The first-order valence-corrected chi connectivity index (χ1v) is 6.66. The number of rotatable bonds is 7. The molecular weight excluding hydrogens is 242 g/mol. The SMILES string of the molecule is C=CSC(=C)N(C)Cc1ccc(NC)cc1NC. The van der Waals surface area contributed by atoms with Crippen molar-refractivity contribution in [3.05, 3.63) is 47.4 Å². The molecule has 1 aromatic carbocycles. The Hall–Kier alpha value is -1.55. The molecule has 4 heteroatoms. The lowest BCUT2D eigenvalue weighted by Crippen LogP contribution is -2.15. The van der Waals surface area contributed by atoms with Gasteiger partial charge in [-0.15, -0.1) is 0 Å². The zero-order valence-electron chi connectivity index (χ0n) is 11.3. The third-order valence-corrected chi connectivity index (χ3v) is 3.47. The average molecular weight is 263 g/mol. The van der Waals surface area contributed by atoms with Crippen LogP contribution in [0.5, 0.6) is 0 Å². The second kappa shape index (κ2) is 7.01. The molecule has 0 aliphatic rings. The van der Waals surface area contributed by atoms with Gasteiger partial charge in [-0.2, -0.15) is 0 Å². The number of hydrogen-bond donors (Lipinski definition) is 2. The summed E-state index contributed by atoms with van der Waals surface area (Å²) < 4.78 is 0. The third-order valence-electron chi connectivity index (χ3n) is 2.72. The van der Waals surface area contributed by atoms with Crippen molar-refractivity contribution in [2.75, 3.05) is 31.8 Å². The molecule has 0 bridgehead atoms. The molecular formula is C14H21N3S. The first-order chi connectivity index (χ1) is 8.62. The number of thioether (sulfide) groups is 1. The molecule has 0 saturated carbocycles. The van der Waals surface area contributed by atoms with E-state index >= 15 is 0 Å². The van der Waals surface area contributed by atoms with E-state index < -0.39 is 0 Å². The molecule has 0 aromatic heterocycles. The molecule has 0 spiro atoms. The summed E-state index contributed by atoms with van der Waals surface area (Å²) in [7, 11) is 5.89. The van der Waals surface area contributed by atoms with Crippen molar-refractivity contribution in [1.29, 1.82) is 0 Å². The van der Waals surface area contributed by atoms with Gasteiger partial charge in [0.05, 0.1) is 5.03 Å². The zero-order chi connectivity index (χ0) is 13.5. The fourth-order valence-corrected chi connectivity index (χ4v) is 2.07. The summed E-state index contributed by atoms with van der Waals surface area (Å²) in [5.74, 6) is 0. The fraction of sp³-hybridized carbons (Fsp3) is 0.286. The van der Waals surface area contributed by atoms with Crippen molar-refractivity contribution in [1.82, 2.24) is 4.90 Å². The van der Waals surface area contributed by atoms with Crippen molar-refractivity contribution in [3.8, 4) is 0 Å². The Balaban J connectivity index is 2.83. The normalized spacial score (nSPS) is 9.72. The summed E-state index contributed by atoms with van der Waals surface area (Å²) >= 11 is 1.54. The minimum atomic E-state index is 0.819. The third kappa shape index (κ3) is 3.74. The van der Waals surface area contributed by atoms with Gasteiger partial charge in [-0.3, -0.25) is 0 Å². The minimum absolute atomic E-state index is 0.819. The summed E-state index contributed by atoms with van der Waals surface area (Å²) in [5.41, 5.74) is 3.47. The van der Waals surface area contributed by atoms with Gasteiger partial charge in [-0.25, -0.2) is 0 Å². The molecule has 0 aliphatic heterocycles. The van der Waals surface area contributed by atoms with Gasteiger partial charge >= 0.3 is 0 Å². The van der Waals surface area contributed by atoms with Crippen LogP contribution >= 0.6 is 11.8 Å². The van der Waals surface area contributed by atoms with Crippen LogP contribution in [0.3, 0.4) is 0 Å². The van der Waals surface area contributed by atoms with E-state index in [9.17, 15) is 0 Å². The van der Waals surface area contributed by atoms with E-state index in [1.54, 1.807) is 17.2 Å². The molecule has 1 aromatic rings. The lowest BCUT2D eigenvalue weighted by atomic mass is 10.1. The van der Waals surface area contributed by atoms with E-state index in [-0.39, 0.29) is 0 Å². The summed E-state index contributed by atoms with van der Waals surface area (Å²) in [6.07, 6.45) is 0. The van der Waals surface area contributed by atoms with Crippen LogP contribution in [0.15, 0.2) is 41.8 Å². The minimum Gasteiger partial charge on any atom is -0.388 e. The van der Waals surface area contributed by atoms with E-state index in [0.717, 1.165) is 22.9 Å². The summed E-state index contributed by atoms with van der Waals surface area (Å²) in [4.78, 5) is 2.11. The van der Waals surface area contributed by atoms with Crippen LogP contribution in [0.1, 0.15) is 5.56 Å². The molecule has 0 radical (unpaired) electrons. The molecule has 18 heavy (non-hydrogen) atoms. The van der Waals surface area contributed by atoms with E-state index in [1.165, 1.54) is 5.56 Å². The molecule has 1 rings (SSSR count). The second-order valence-corrected chi connectivity index (χ2v) is 4.95. The maximum atomic E-state index is 4.01. The number of hydrogen-bond acceptors (Lipinski definition) is 4. The fourth-order valence-electron chi connectivity index (χ4n) is 1.63.